The van der Waals surface area contributed by atoms with Gasteiger partial charge in [0.2, 0.25) is 5.95 Å². The lowest BCUT2D eigenvalue weighted by Crippen LogP contribution is -2.24. The zero-order valence-electron chi connectivity index (χ0n) is 14.1. The van der Waals surface area contributed by atoms with Crippen LogP contribution in [0.2, 0.25) is 0 Å². The molecule has 3 heterocycles. The second kappa shape index (κ2) is 7.35. The van der Waals surface area contributed by atoms with Crippen LogP contribution in [0.25, 0.3) is 11.2 Å². The van der Waals surface area contributed by atoms with Crippen LogP contribution in [0.3, 0.4) is 0 Å². The number of nitrogen functional groups attached to an aromatic ring is 1. The maximum Gasteiger partial charge on any atom is 0.350 e. The molecule has 4 N–H and O–H groups in total. The Balaban J connectivity index is 1.79. The Hall–Kier alpha value is -1.58. The van der Waals surface area contributed by atoms with Gasteiger partial charge in [-0.05, 0) is 32.9 Å². The monoisotopic (exact) mass is 370 g/mol. The predicted octanol–water partition coefficient (Wildman–Crippen LogP) is 0.717. The SMILES string of the molecule is CC(c1nc(N)nc2c1ncn2CCOCP(=O)(O)O)N1CCCC1. The summed E-state index contributed by atoms with van der Waals surface area (Å²) >= 11 is 0. The molecule has 1 aliphatic heterocycles. The van der Waals surface area contributed by atoms with Gasteiger partial charge in [-0.3, -0.25) is 9.46 Å². The fourth-order valence-corrected chi connectivity index (χ4v) is 3.45. The Bertz CT molecular complexity index is 785. The zero-order valence-corrected chi connectivity index (χ0v) is 15.0. The largest absolute Gasteiger partial charge is 0.368 e. The minimum Gasteiger partial charge on any atom is -0.368 e. The van der Waals surface area contributed by atoms with Crippen LogP contribution in [0.1, 0.15) is 31.5 Å². The summed E-state index contributed by atoms with van der Waals surface area (Å²) in [6.07, 6.45) is 3.38. The van der Waals surface area contributed by atoms with Gasteiger partial charge in [-0.15, -0.1) is 0 Å². The van der Waals surface area contributed by atoms with E-state index in [1.807, 2.05) is 0 Å². The minimum absolute atomic E-state index is 0.101. The number of rotatable bonds is 7. The molecule has 1 fully saturated rings. The number of fused-ring (bicyclic) bond motifs is 1. The maximum absolute atomic E-state index is 10.8. The van der Waals surface area contributed by atoms with E-state index >= 15 is 0 Å². The average molecular weight is 370 g/mol. The third-order valence-electron chi connectivity index (χ3n) is 4.33. The molecular weight excluding hydrogens is 347 g/mol. The first-order chi connectivity index (χ1) is 11.8. The lowest BCUT2D eigenvalue weighted by molar-refractivity contribution is 0.149. The molecule has 3 rings (SSSR count). The quantitative estimate of drug-likeness (QED) is 0.475. The summed E-state index contributed by atoms with van der Waals surface area (Å²) in [5.74, 6) is 0.187. The predicted molar refractivity (Wildman–Crippen MR) is 91.8 cm³/mol. The Morgan fingerprint density at radius 2 is 2.08 bits per heavy atom. The van der Waals surface area contributed by atoms with E-state index in [9.17, 15) is 4.57 Å². The van der Waals surface area contributed by atoms with Crippen molar-refractivity contribution >= 4 is 24.7 Å². The van der Waals surface area contributed by atoms with Gasteiger partial charge >= 0.3 is 7.60 Å². The highest BCUT2D eigenvalue weighted by molar-refractivity contribution is 7.51. The highest BCUT2D eigenvalue weighted by Gasteiger charge is 2.24. The van der Waals surface area contributed by atoms with E-state index < -0.39 is 13.9 Å². The molecule has 0 amide bonds. The lowest BCUT2D eigenvalue weighted by Gasteiger charge is -2.23. The van der Waals surface area contributed by atoms with Gasteiger partial charge in [-0.1, -0.05) is 0 Å². The molecule has 10 nitrogen and oxygen atoms in total. The zero-order chi connectivity index (χ0) is 18.0. The van der Waals surface area contributed by atoms with Gasteiger partial charge in [0, 0.05) is 6.54 Å². The van der Waals surface area contributed by atoms with E-state index in [0.717, 1.165) is 18.8 Å². The number of hydrogen-bond acceptors (Lipinski definition) is 7. The molecule has 138 valence electrons. The Labute approximate surface area is 145 Å². The molecule has 1 aliphatic rings. The van der Waals surface area contributed by atoms with Crippen molar-refractivity contribution in [1.29, 1.82) is 0 Å². The fraction of sp³-hybridized carbons (Fsp3) is 0.643. The van der Waals surface area contributed by atoms with Gasteiger partial charge in [0.05, 0.1) is 24.7 Å². The van der Waals surface area contributed by atoms with Gasteiger partial charge in [0.1, 0.15) is 11.9 Å². The fourth-order valence-electron chi connectivity index (χ4n) is 3.09. The van der Waals surface area contributed by atoms with Crippen LogP contribution >= 0.6 is 7.60 Å². The summed E-state index contributed by atoms with van der Waals surface area (Å²) in [6, 6.07) is 0.101. The second-order valence-corrected chi connectivity index (χ2v) is 7.79. The molecule has 2 aromatic heterocycles. The molecule has 1 saturated heterocycles. The summed E-state index contributed by atoms with van der Waals surface area (Å²) in [7, 11) is -4.16. The first-order valence-electron chi connectivity index (χ1n) is 8.20. The van der Waals surface area contributed by atoms with Gasteiger partial charge in [0.25, 0.3) is 0 Å². The van der Waals surface area contributed by atoms with Crippen molar-refractivity contribution in [3.63, 3.8) is 0 Å². The molecule has 25 heavy (non-hydrogen) atoms. The number of imidazole rings is 1. The summed E-state index contributed by atoms with van der Waals surface area (Å²) < 4.78 is 17.6. The second-order valence-electron chi connectivity index (χ2n) is 6.20. The number of hydrogen-bond donors (Lipinski definition) is 3. The molecule has 0 bridgehead atoms. The van der Waals surface area contributed by atoms with Crippen molar-refractivity contribution in [3.8, 4) is 0 Å². The topological polar surface area (TPSA) is 140 Å². The summed E-state index contributed by atoms with van der Waals surface area (Å²) in [5, 5.41) is 0. The summed E-state index contributed by atoms with van der Waals surface area (Å²) in [4.78, 5) is 33.1. The average Bonchev–Trinajstić information content (AvgIpc) is 3.19. The van der Waals surface area contributed by atoms with Crippen LogP contribution in [0.5, 0.6) is 0 Å². The molecular formula is C14H23N6O4P. The van der Waals surface area contributed by atoms with E-state index in [1.165, 1.54) is 12.8 Å². The van der Waals surface area contributed by atoms with Crippen LogP contribution in [-0.2, 0) is 15.8 Å². The van der Waals surface area contributed by atoms with E-state index in [2.05, 4.69) is 26.8 Å². The van der Waals surface area contributed by atoms with E-state index in [1.54, 1.807) is 10.9 Å². The van der Waals surface area contributed by atoms with Crippen molar-refractivity contribution in [3.05, 3.63) is 12.0 Å². The number of ether oxygens (including phenoxy) is 1. The van der Waals surface area contributed by atoms with Gasteiger partial charge in [-0.2, -0.15) is 4.98 Å². The van der Waals surface area contributed by atoms with Crippen molar-refractivity contribution in [2.75, 3.05) is 31.8 Å². The smallest absolute Gasteiger partial charge is 0.350 e. The standard InChI is InChI=1S/C14H23N6O4P/c1-10(19-4-2-3-5-19)11-12-13(18-14(15)17-11)20(8-16-12)6-7-24-9-25(21,22)23/h8,10H,2-7,9H2,1H3,(H2,15,17,18)(H2,21,22,23). The Kier molecular flexibility index (Phi) is 5.35. The molecule has 0 saturated carbocycles. The lowest BCUT2D eigenvalue weighted by atomic mass is 10.2. The highest BCUT2D eigenvalue weighted by Crippen LogP contribution is 2.33. The Morgan fingerprint density at radius 1 is 1.36 bits per heavy atom. The molecule has 2 aromatic rings. The molecule has 1 atom stereocenters. The van der Waals surface area contributed by atoms with Crippen LogP contribution in [0.4, 0.5) is 5.95 Å². The van der Waals surface area contributed by atoms with Crippen LogP contribution in [-0.4, -0.2) is 60.3 Å². The van der Waals surface area contributed by atoms with Crippen molar-refractivity contribution in [2.24, 2.45) is 0 Å². The van der Waals surface area contributed by atoms with E-state index in [0.29, 0.717) is 17.7 Å². The van der Waals surface area contributed by atoms with Gasteiger partial charge < -0.3 is 24.8 Å². The van der Waals surface area contributed by atoms with Crippen molar-refractivity contribution in [1.82, 2.24) is 24.4 Å². The van der Waals surface area contributed by atoms with Gasteiger partial charge in [0.15, 0.2) is 5.65 Å². The number of anilines is 1. The van der Waals surface area contributed by atoms with Crippen molar-refractivity contribution in [2.45, 2.75) is 32.4 Å². The van der Waals surface area contributed by atoms with Crippen molar-refractivity contribution < 1.29 is 19.1 Å². The molecule has 1 unspecified atom stereocenters. The third kappa shape index (κ3) is 4.34. The highest BCUT2D eigenvalue weighted by atomic mass is 31.2. The first kappa shape index (κ1) is 18.2. The van der Waals surface area contributed by atoms with Gasteiger partial charge in [-0.25, -0.2) is 9.97 Å². The molecule has 0 aromatic carbocycles. The Morgan fingerprint density at radius 3 is 2.76 bits per heavy atom. The van der Waals surface area contributed by atoms with Crippen LogP contribution in [0, 0.1) is 0 Å². The van der Waals surface area contributed by atoms with E-state index in [4.69, 9.17) is 20.3 Å². The van der Waals surface area contributed by atoms with Crippen LogP contribution < -0.4 is 5.73 Å². The molecule has 11 heteroatoms. The van der Waals surface area contributed by atoms with Crippen LogP contribution in [0.15, 0.2) is 6.33 Å². The normalized spacial score (nSPS) is 17.4. The van der Waals surface area contributed by atoms with E-state index in [-0.39, 0.29) is 18.6 Å². The summed E-state index contributed by atoms with van der Waals surface area (Å²) in [6.45, 7) is 4.66. The number of likely N-dealkylation sites (tertiary alicyclic amines) is 1. The number of nitrogens with zero attached hydrogens (tertiary/aromatic N) is 5. The molecule has 0 radical (unpaired) electrons. The molecule has 0 spiro atoms. The molecule has 0 aliphatic carbocycles. The minimum atomic E-state index is -4.16. The first-order valence-corrected chi connectivity index (χ1v) is 9.99. The number of aromatic nitrogens is 4. The third-order valence-corrected chi connectivity index (χ3v) is 4.85. The maximum atomic E-state index is 10.8. The summed E-state index contributed by atoms with van der Waals surface area (Å²) in [5.41, 5.74) is 7.99. The number of nitrogens with two attached hydrogens (primary N) is 1.